The van der Waals surface area contributed by atoms with Gasteiger partial charge in [0.15, 0.2) is 0 Å². The summed E-state index contributed by atoms with van der Waals surface area (Å²) in [6.07, 6.45) is 86.5. The summed E-state index contributed by atoms with van der Waals surface area (Å²) in [7, 11) is 0. The van der Waals surface area contributed by atoms with E-state index in [0.29, 0.717) is 19.4 Å². The molecule has 0 aromatic carbocycles. The Morgan fingerprint density at radius 2 is 0.654 bits per heavy atom. The number of amides is 1. The number of hydrogen-bond donors (Lipinski definition) is 3. The van der Waals surface area contributed by atoms with Gasteiger partial charge < -0.3 is 20.3 Å². The lowest BCUT2D eigenvalue weighted by atomic mass is 10.0. The van der Waals surface area contributed by atoms with Crippen molar-refractivity contribution < 1.29 is 24.5 Å². The smallest absolute Gasteiger partial charge is 0.305 e. The van der Waals surface area contributed by atoms with E-state index >= 15 is 0 Å². The van der Waals surface area contributed by atoms with Gasteiger partial charge in [0.05, 0.1) is 25.4 Å². The monoisotopic (exact) mass is 1100 g/mol. The molecule has 6 nitrogen and oxygen atoms in total. The Morgan fingerprint density at radius 1 is 0.359 bits per heavy atom. The minimum Gasteiger partial charge on any atom is -0.466 e. The zero-order chi connectivity index (χ0) is 56.4. The van der Waals surface area contributed by atoms with Gasteiger partial charge in [0.2, 0.25) is 5.91 Å². The molecule has 0 aromatic heterocycles. The Bertz CT molecular complexity index is 1260. The Balaban J connectivity index is 3.38. The lowest BCUT2D eigenvalue weighted by Gasteiger charge is -2.20. The summed E-state index contributed by atoms with van der Waals surface area (Å²) in [4.78, 5) is 24.6. The molecular formula is C72H137NO5. The third-order valence-electron chi connectivity index (χ3n) is 16.4. The summed E-state index contributed by atoms with van der Waals surface area (Å²) < 4.78 is 5.48. The number of hydrogen-bond acceptors (Lipinski definition) is 5. The van der Waals surface area contributed by atoms with E-state index in [-0.39, 0.29) is 18.5 Å². The zero-order valence-electron chi connectivity index (χ0n) is 52.7. The van der Waals surface area contributed by atoms with Crippen LogP contribution in [-0.4, -0.2) is 47.4 Å². The van der Waals surface area contributed by atoms with Gasteiger partial charge in [-0.3, -0.25) is 9.59 Å². The van der Waals surface area contributed by atoms with Crippen LogP contribution >= 0.6 is 0 Å². The fourth-order valence-electron chi connectivity index (χ4n) is 11.0. The molecule has 0 radical (unpaired) electrons. The van der Waals surface area contributed by atoms with Crippen LogP contribution < -0.4 is 5.32 Å². The van der Waals surface area contributed by atoms with E-state index in [9.17, 15) is 19.8 Å². The van der Waals surface area contributed by atoms with Gasteiger partial charge in [-0.1, -0.05) is 352 Å². The average molecular weight is 1100 g/mol. The Hall–Kier alpha value is -1.92. The number of unbranched alkanes of at least 4 members (excludes halogenated alkanes) is 51. The molecule has 6 heteroatoms. The van der Waals surface area contributed by atoms with Crippen molar-refractivity contribution in [3.63, 3.8) is 0 Å². The first-order chi connectivity index (χ1) is 38.5. The summed E-state index contributed by atoms with van der Waals surface area (Å²) in [5, 5.41) is 23.2. The molecule has 0 saturated carbocycles. The first-order valence-electron chi connectivity index (χ1n) is 35.3. The van der Waals surface area contributed by atoms with Crippen molar-refractivity contribution in [2.24, 2.45) is 0 Å². The fraction of sp³-hybridized carbons (Fsp3) is 0.889. The van der Waals surface area contributed by atoms with E-state index in [4.69, 9.17) is 4.74 Å². The van der Waals surface area contributed by atoms with Crippen molar-refractivity contribution in [2.75, 3.05) is 13.2 Å². The predicted octanol–water partition coefficient (Wildman–Crippen LogP) is 22.7. The lowest BCUT2D eigenvalue weighted by Crippen LogP contribution is -2.45. The van der Waals surface area contributed by atoms with E-state index in [2.05, 4.69) is 43.5 Å². The van der Waals surface area contributed by atoms with Gasteiger partial charge in [-0.05, 0) is 57.8 Å². The molecule has 460 valence electrons. The molecular weight excluding hydrogens is 959 g/mol. The average Bonchev–Trinajstić information content (AvgIpc) is 3.44. The molecule has 0 rings (SSSR count). The SMILES string of the molecule is CCCC/C=C\C/C=C\CCCCCCCC(=O)OCCCCCCCCCCCCCCCCCCCCCCCCCCCCCC(=O)NC(CO)C(O)/C=C/CCCCCCCCCCCCCCCCCCCC. The third kappa shape index (κ3) is 63.3. The van der Waals surface area contributed by atoms with Crippen LogP contribution in [0.15, 0.2) is 36.5 Å². The van der Waals surface area contributed by atoms with E-state index in [1.807, 2.05) is 6.08 Å². The highest BCUT2D eigenvalue weighted by Crippen LogP contribution is 2.19. The highest BCUT2D eigenvalue weighted by Gasteiger charge is 2.18. The van der Waals surface area contributed by atoms with Gasteiger partial charge in [0, 0.05) is 12.8 Å². The third-order valence-corrected chi connectivity index (χ3v) is 16.4. The normalized spacial score (nSPS) is 12.7. The maximum absolute atomic E-state index is 12.5. The molecule has 0 aromatic rings. The highest BCUT2D eigenvalue weighted by molar-refractivity contribution is 5.76. The van der Waals surface area contributed by atoms with E-state index < -0.39 is 12.1 Å². The van der Waals surface area contributed by atoms with Gasteiger partial charge >= 0.3 is 5.97 Å². The van der Waals surface area contributed by atoms with Crippen molar-refractivity contribution in [3.8, 4) is 0 Å². The largest absolute Gasteiger partial charge is 0.466 e. The summed E-state index contributed by atoms with van der Waals surface area (Å²) in [6.45, 7) is 4.89. The number of nitrogens with one attached hydrogen (secondary N) is 1. The Labute approximate surface area is 487 Å². The number of aliphatic hydroxyl groups excluding tert-OH is 2. The summed E-state index contributed by atoms with van der Waals surface area (Å²) in [5.74, 6) is -0.0585. The Kier molecular flexibility index (Phi) is 65.9. The molecule has 3 N–H and O–H groups in total. The van der Waals surface area contributed by atoms with Crippen LogP contribution in [0, 0.1) is 0 Å². The van der Waals surface area contributed by atoms with Crippen LogP contribution in [0.3, 0.4) is 0 Å². The van der Waals surface area contributed by atoms with Gasteiger partial charge in [0.1, 0.15) is 0 Å². The molecule has 1 amide bonds. The maximum Gasteiger partial charge on any atom is 0.305 e. The first kappa shape index (κ1) is 76.1. The Morgan fingerprint density at radius 3 is 1.01 bits per heavy atom. The maximum atomic E-state index is 12.5. The van der Waals surface area contributed by atoms with E-state index in [1.165, 1.54) is 308 Å². The molecule has 0 aliphatic carbocycles. The highest BCUT2D eigenvalue weighted by atomic mass is 16.5. The standard InChI is InChI=1S/C72H137NO5/c1-3-5-7-9-11-13-15-17-19-20-21-31-34-37-40-44-48-52-56-60-64-70(75)69(68-74)73-71(76)65-61-57-53-49-45-41-38-35-32-29-27-25-23-22-24-26-28-30-33-36-39-43-47-51-55-59-63-67-78-72(77)66-62-58-54-50-46-42-18-16-14-12-10-8-6-4-2/h10,12,16,18,60,64,69-70,74-75H,3-9,11,13-15,17,19-59,61-63,65-68H2,1-2H3,(H,73,76)/b12-10-,18-16-,64-60+. The van der Waals surface area contributed by atoms with Gasteiger partial charge in [-0.2, -0.15) is 0 Å². The minimum atomic E-state index is -0.844. The second kappa shape index (κ2) is 67.6. The van der Waals surface area contributed by atoms with E-state index in [1.54, 1.807) is 6.08 Å². The molecule has 0 heterocycles. The predicted molar refractivity (Wildman–Crippen MR) is 343 cm³/mol. The van der Waals surface area contributed by atoms with Crippen LogP contribution in [0.4, 0.5) is 0 Å². The van der Waals surface area contributed by atoms with Crippen LogP contribution in [0.5, 0.6) is 0 Å². The van der Waals surface area contributed by atoms with Crippen molar-refractivity contribution >= 4 is 11.9 Å². The molecule has 0 spiro atoms. The van der Waals surface area contributed by atoms with E-state index in [0.717, 1.165) is 51.4 Å². The second-order valence-electron chi connectivity index (χ2n) is 24.2. The minimum absolute atomic E-state index is 0.00340. The fourth-order valence-corrected chi connectivity index (χ4v) is 11.0. The van der Waals surface area contributed by atoms with Crippen LogP contribution in [0.25, 0.3) is 0 Å². The lowest BCUT2D eigenvalue weighted by molar-refractivity contribution is -0.143. The molecule has 2 atom stereocenters. The molecule has 0 saturated heterocycles. The molecule has 0 bridgehead atoms. The van der Waals surface area contributed by atoms with Crippen molar-refractivity contribution in [2.45, 2.75) is 398 Å². The molecule has 0 aliphatic heterocycles. The van der Waals surface area contributed by atoms with Gasteiger partial charge in [0.25, 0.3) is 0 Å². The summed E-state index contributed by atoms with van der Waals surface area (Å²) in [5.41, 5.74) is 0. The quantitative estimate of drug-likeness (QED) is 0.0320. The summed E-state index contributed by atoms with van der Waals surface area (Å²) in [6, 6.07) is -0.627. The van der Waals surface area contributed by atoms with Crippen molar-refractivity contribution in [1.29, 1.82) is 0 Å². The number of ether oxygens (including phenoxy) is 1. The number of carbonyl (C=O) groups excluding carboxylic acids is 2. The topological polar surface area (TPSA) is 95.9 Å². The van der Waals surface area contributed by atoms with Gasteiger partial charge in [-0.15, -0.1) is 0 Å². The first-order valence-corrected chi connectivity index (χ1v) is 35.3. The number of aliphatic hydroxyl groups is 2. The van der Waals surface area contributed by atoms with Crippen LogP contribution in [0.1, 0.15) is 386 Å². The number of allylic oxidation sites excluding steroid dienone is 5. The van der Waals surface area contributed by atoms with Crippen molar-refractivity contribution in [1.82, 2.24) is 5.32 Å². The number of carbonyl (C=O) groups is 2. The number of rotatable bonds is 66. The van der Waals surface area contributed by atoms with Gasteiger partial charge in [-0.25, -0.2) is 0 Å². The second-order valence-corrected chi connectivity index (χ2v) is 24.2. The molecule has 78 heavy (non-hydrogen) atoms. The zero-order valence-corrected chi connectivity index (χ0v) is 52.7. The van der Waals surface area contributed by atoms with Crippen molar-refractivity contribution in [3.05, 3.63) is 36.5 Å². The summed E-state index contributed by atoms with van der Waals surface area (Å²) >= 11 is 0. The molecule has 2 unspecified atom stereocenters. The molecule has 0 aliphatic rings. The van der Waals surface area contributed by atoms with Crippen LogP contribution in [0.2, 0.25) is 0 Å². The number of esters is 1. The molecule has 0 fully saturated rings. The van der Waals surface area contributed by atoms with Crippen LogP contribution in [-0.2, 0) is 14.3 Å².